The number of hydrogen-bond acceptors (Lipinski definition) is 5. The fraction of sp³-hybridized carbons (Fsp3) is 0.741. The molecule has 1 amide bonds. The molecular formula is C27H40BN3O3. The molecule has 1 atom stereocenters. The Morgan fingerprint density at radius 1 is 1.03 bits per heavy atom. The van der Waals surface area contributed by atoms with Crippen LogP contribution < -0.4 is 15.7 Å². The van der Waals surface area contributed by atoms with Gasteiger partial charge in [0.25, 0.3) is 0 Å². The predicted molar refractivity (Wildman–Crippen MR) is 136 cm³/mol. The molecule has 4 heterocycles. The van der Waals surface area contributed by atoms with E-state index in [4.69, 9.17) is 9.31 Å². The molecule has 1 aromatic carbocycles. The quantitative estimate of drug-likeness (QED) is 0.696. The molecule has 1 spiro atoms. The molecule has 6 nitrogen and oxygen atoms in total. The molecule has 4 fully saturated rings. The number of carbonyl (C=O) groups excluding carboxylic acids is 1. The topological polar surface area (TPSA) is 54.0 Å². The maximum Gasteiger partial charge on any atom is 0.494 e. The molecule has 1 aromatic rings. The van der Waals surface area contributed by atoms with Crippen LogP contribution in [0.25, 0.3) is 0 Å². The predicted octanol–water partition coefficient (Wildman–Crippen LogP) is 2.83. The molecule has 1 saturated carbocycles. The first kappa shape index (κ1) is 23.0. The van der Waals surface area contributed by atoms with Gasteiger partial charge < -0.3 is 19.5 Å². The van der Waals surface area contributed by atoms with E-state index in [-0.39, 0.29) is 16.6 Å². The minimum absolute atomic E-state index is 0.301. The molecule has 7 heteroatoms. The second kappa shape index (κ2) is 7.80. The normalized spacial score (nSPS) is 34.0. The van der Waals surface area contributed by atoms with Gasteiger partial charge in [0.1, 0.15) is 0 Å². The van der Waals surface area contributed by atoms with Crippen molar-refractivity contribution in [2.24, 2.45) is 5.92 Å². The van der Waals surface area contributed by atoms with Crippen LogP contribution >= 0.6 is 0 Å². The average Bonchev–Trinajstić information content (AvgIpc) is 3.35. The Hall–Kier alpha value is -1.41. The lowest BCUT2D eigenvalue weighted by molar-refractivity contribution is -0.125. The van der Waals surface area contributed by atoms with E-state index in [1.807, 2.05) is 0 Å². The summed E-state index contributed by atoms with van der Waals surface area (Å²) in [5.74, 6) is 1.13. The lowest BCUT2D eigenvalue weighted by Gasteiger charge is -2.46. The number of likely N-dealkylation sites (tertiary alicyclic amines) is 1. The zero-order valence-electron chi connectivity index (χ0n) is 21.5. The fourth-order valence-corrected chi connectivity index (χ4v) is 6.80. The molecule has 6 rings (SSSR count). The smallest absolute Gasteiger partial charge is 0.399 e. The van der Waals surface area contributed by atoms with Gasteiger partial charge in [0.2, 0.25) is 5.91 Å². The Balaban J connectivity index is 1.31. The van der Waals surface area contributed by atoms with Gasteiger partial charge in [-0.3, -0.25) is 9.69 Å². The van der Waals surface area contributed by atoms with Crippen molar-refractivity contribution in [1.29, 1.82) is 0 Å². The number of anilines is 1. The van der Waals surface area contributed by atoms with Gasteiger partial charge in [-0.2, -0.15) is 0 Å². The van der Waals surface area contributed by atoms with Crippen molar-refractivity contribution in [3.8, 4) is 0 Å². The summed E-state index contributed by atoms with van der Waals surface area (Å²) in [5, 5.41) is 3.46. The second-order valence-electron chi connectivity index (χ2n) is 12.5. The fourth-order valence-electron chi connectivity index (χ4n) is 6.80. The number of amides is 1. The molecular weight excluding hydrogens is 425 g/mol. The summed E-state index contributed by atoms with van der Waals surface area (Å²) < 4.78 is 12.7. The Labute approximate surface area is 204 Å². The van der Waals surface area contributed by atoms with Crippen LogP contribution in [-0.4, -0.2) is 67.4 Å². The number of benzene rings is 1. The summed E-state index contributed by atoms with van der Waals surface area (Å²) in [6, 6.07) is 7.47. The summed E-state index contributed by atoms with van der Waals surface area (Å²) >= 11 is 0. The monoisotopic (exact) mass is 465 g/mol. The lowest BCUT2D eigenvalue weighted by Crippen LogP contribution is -2.57. The molecule has 1 N–H and O–H groups in total. The van der Waals surface area contributed by atoms with Gasteiger partial charge >= 0.3 is 7.12 Å². The van der Waals surface area contributed by atoms with E-state index in [0.717, 1.165) is 55.8 Å². The van der Waals surface area contributed by atoms with E-state index in [9.17, 15) is 4.79 Å². The second-order valence-corrected chi connectivity index (χ2v) is 12.5. The zero-order valence-corrected chi connectivity index (χ0v) is 21.5. The number of piperidine rings is 1. The molecule has 0 bridgehead atoms. The van der Waals surface area contributed by atoms with Crippen LogP contribution in [-0.2, 0) is 19.5 Å². The van der Waals surface area contributed by atoms with Crippen molar-refractivity contribution in [1.82, 2.24) is 10.2 Å². The third-order valence-corrected chi connectivity index (χ3v) is 9.83. The molecule has 0 unspecified atom stereocenters. The summed E-state index contributed by atoms with van der Waals surface area (Å²) in [6.07, 6.45) is 5.25. The Bertz CT molecular complexity index is 967. The SMILES string of the molecule is C[C@H]1CCN(C2CC(N3C(=O)C4(CCNCC4)c4ccc(B5OC(C)(C)C(C)(C)O5)cc43)C2)C1. The van der Waals surface area contributed by atoms with E-state index in [1.54, 1.807) is 0 Å². The summed E-state index contributed by atoms with van der Waals surface area (Å²) in [4.78, 5) is 19.0. The highest BCUT2D eigenvalue weighted by Gasteiger charge is 2.56. The van der Waals surface area contributed by atoms with Crippen LogP contribution in [0.3, 0.4) is 0 Å². The lowest BCUT2D eigenvalue weighted by atomic mass is 9.72. The summed E-state index contributed by atoms with van der Waals surface area (Å²) in [5.41, 5.74) is 2.22. The summed E-state index contributed by atoms with van der Waals surface area (Å²) in [7, 11) is -0.406. The Morgan fingerprint density at radius 3 is 2.32 bits per heavy atom. The third-order valence-electron chi connectivity index (χ3n) is 9.83. The van der Waals surface area contributed by atoms with Crippen molar-refractivity contribution in [2.45, 2.75) is 95.4 Å². The first-order valence-corrected chi connectivity index (χ1v) is 13.4. The van der Waals surface area contributed by atoms with Crippen molar-refractivity contribution >= 4 is 24.2 Å². The Morgan fingerprint density at radius 2 is 1.71 bits per heavy atom. The highest BCUT2D eigenvalue weighted by molar-refractivity contribution is 6.62. The molecule has 4 aliphatic heterocycles. The van der Waals surface area contributed by atoms with Crippen molar-refractivity contribution in [3.63, 3.8) is 0 Å². The molecule has 0 aromatic heterocycles. The number of hydrogen-bond donors (Lipinski definition) is 1. The molecule has 5 aliphatic rings. The summed E-state index contributed by atoms with van der Waals surface area (Å²) in [6.45, 7) is 14.9. The minimum Gasteiger partial charge on any atom is -0.399 e. The van der Waals surface area contributed by atoms with E-state index < -0.39 is 7.12 Å². The van der Waals surface area contributed by atoms with Crippen LogP contribution in [0.4, 0.5) is 5.69 Å². The van der Waals surface area contributed by atoms with Gasteiger partial charge in [-0.1, -0.05) is 19.1 Å². The standard InChI is InChI=1S/C27H40BN3O3/c1-18-8-13-30(17-18)20-15-21(16-20)31-23-14-19(28-33-25(2,3)26(4,5)34-28)6-7-22(23)27(24(31)32)9-11-29-12-10-27/h6-7,14,18,20-21,29H,8-13,15-17H2,1-5H3/t18-,20?,21?/m0/s1. The number of nitrogens with zero attached hydrogens (tertiary/aromatic N) is 2. The number of rotatable bonds is 3. The van der Waals surface area contributed by atoms with E-state index in [1.165, 1.54) is 25.1 Å². The van der Waals surface area contributed by atoms with Crippen molar-refractivity contribution in [2.75, 3.05) is 31.1 Å². The minimum atomic E-state index is -0.406. The number of nitrogens with one attached hydrogen (secondary N) is 1. The molecule has 0 radical (unpaired) electrons. The van der Waals surface area contributed by atoms with Crippen LogP contribution in [0.2, 0.25) is 0 Å². The van der Waals surface area contributed by atoms with Gasteiger partial charge in [-0.15, -0.1) is 0 Å². The maximum absolute atomic E-state index is 14.1. The Kier molecular flexibility index (Phi) is 5.28. The van der Waals surface area contributed by atoms with E-state index in [2.05, 4.69) is 67.9 Å². The molecule has 184 valence electrons. The van der Waals surface area contributed by atoms with Crippen LogP contribution in [0.1, 0.15) is 72.3 Å². The van der Waals surface area contributed by atoms with Gasteiger partial charge in [0.15, 0.2) is 0 Å². The highest BCUT2D eigenvalue weighted by atomic mass is 16.7. The van der Waals surface area contributed by atoms with Crippen LogP contribution in [0.5, 0.6) is 0 Å². The van der Waals surface area contributed by atoms with E-state index in [0.29, 0.717) is 18.0 Å². The van der Waals surface area contributed by atoms with Gasteiger partial charge in [0.05, 0.1) is 16.6 Å². The number of fused-ring (bicyclic) bond motifs is 2. The third kappa shape index (κ3) is 3.34. The van der Waals surface area contributed by atoms with Gasteiger partial charge in [0, 0.05) is 24.3 Å². The van der Waals surface area contributed by atoms with Crippen molar-refractivity contribution < 1.29 is 14.1 Å². The van der Waals surface area contributed by atoms with Gasteiger partial charge in [-0.25, -0.2) is 0 Å². The first-order valence-electron chi connectivity index (χ1n) is 13.4. The van der Waals surface area contributed by atoms with Gasteiger partial charge in [-0.05, 0) is 102 Å². The molecule has 3 saturated heterocycles. The number of carbonyl (C=O) groups is 1. The molecule has 34 heavy (non-hydrogen) atoms. The molecule has 1 aliphatic carbocycles. The van der Waals surface area contributed by atoms with Crippen molar-refractivity contribution in [3.05, 3.63) is 23.8 Å². The maximum atomic E-state index is 14.1. The first-order chi connectivity index (χ1) is 16.1. The largest absolute Gasteiger partial charge is 0.494 e. The van der Waals surface area contributed by atoms with Crippen LogP contribution in [0, 0.1) is 5.92 Å². The van der Waals surface area contributed by atoms with E-state index >= 15 is 0 Å². The average molecular weight is 465 g/mol. The van der Waals surface area contributed by atoms with Crippen LogP contribution in [0.15, 0.2) is 18.2 Å². The highest BCUT2D eigenvalue weighted by Crippen LogP contribution is 2.50. The zero-order chi connectivity index (χ0) is 23.9.